The molecule has 0 unspecified atom stereocenters. The van der Waals surface area contributed by atoms with Crippen molar-refractivity contribution < 1.29 is 17.6 Å². The number of nitrogens with zero attached hydrogens (tertiary/aromatic N) is 3. The molecule has 0 atom stereocenters. The Hall–Kier alpha value is -2.07. The molecule has 1 aromatic heterocycles. The molecule has 10 heteroatoms. The zero-order valence-electron chi connectivity index (χ0n) is 19.0. The highest BCUT2D eigenvalue weighted by Gasteiger charge is 2.23. The van der Waals surface area contributed by atoms with E-state index in [1.54, 1.807) is 4.90 Å². The van der Waals surface area contributed by atoms with Gasteiger partial charge in [0.2, 0.25) is 5.91 Å². The molecular weight excluding hydrogens is 485 g/mol. The molecule has 33 heavy (non-hydrogen) atoms. The van der Waals surface area contributed by atoms with Crippen LogP contribution < -0.4 is 4.90 Å². The molecule has 0 saturated carbocycles. The third kappa shape index (κ3) is 6.96. The highest BCUT2D eigenvalue weighted by Crippen LogP contribution is 2.30. The second kappa shape index (κ2) is 11.9. The van der Waals surface area contributed by atoms with Crippen LogP contribution in [-0.2, 0) is 14.6 Å². The van der Waals surface area contributed by atoms with Gasteiger partial charge in [-0.3, -0.25) is 9.69 Å². The number of rotatable bonds is 10. The van der Waals surface area contributed by atoms with Crippen molar-refractivity contribution in [2.45, 2.75) is 32.1 Å². The molecule has 0 bridgehead atoms. The number of anilines is 1. The molecule has 1 amide bonds. The second-order valence-electron chi connectivity index (χ2n) is 7.56. The number of sulfone groups is 1. The summed E-state index contributed by atoms with van der Waals surface area (Å²) < 4.78 is 39.4. The Morgan fingerprint density at radius 2 is 1.73 bits per heavy atom. The maximum atomic E-state index is 13.2. The lowest BCUT2D eigenvalue weighted by Crippen LogP contribution is -2.39. The van der Waals surface area contributed by atoms with Gasteiger partial charge in [0.25, 0.3) is 0 Å². The number of carbonyl (C=O) groups excluding carboxylic acids is 1. The number of halogens is 2. The minimum absolute atomic E-state index is 0. The molecular formula is C23H29ClFN3O3S2. The highest BCUT2D eigenvalue weighted by molar-refractivity contribution is 7.91. The van der Waals surface area contributed by atoms with Crippen LogP contribution in [0, 0.1) is 12.7 Å². The summed E-state index contributed by atoms with van der Waals surface area (Å²) >= 11 is 1.43. The molecule has 0 radical (unpaired) electrons. The molecule has 180 valence electrons. The third-order valence-corrected chi connectivity index (χ3v) is 8.13. The highest BCUT2D eigenvalue weighted by atomic mass is 35.5. The second-order valence-corrected chi connectivity index (χ2v) is 10.7. The zero-order valence-corrected chi connectivity index (χ0v) is 21.4. The summed E-state index contributed by atoms with van der Waals surface area (Å²) in [5.41, 5.74) is 1.93. The van der Waals surface area contributed by atoms with Gasteiger partial charge in [-0.05, 0) is 62.0 Å². The largest absolute Gasteiger partial charge is 0.302 e. The van der Waals surface area contributed by atoms with E-state index in [0.717, 1.165) is 41.0 Å². The maximum absolute atomic E-state index is 13.2. The maximum Gasteiger partial charge on any atom is 0.229 e. The summed E-state index contributed by atoms with van der Waals surface area (Å²) in [6, 6.07) is 10.6. The molecule has 6 nitrogen and oxygen atoms in total. The number of likely N-dealkylation sites (N-methyl/N-ethyl adjacent to an activating group) is 1. The molecule has 0 saturated heterocycles. The Balaban J connectivity index is 0.00000385. The lowest BCUT2D eigenvalue weighted by Gasteiger charge is -2.24. The summed E-state index contributed by atoms with van der Waals surface area (Å²) in [4.78, 5) is 21.6. The van der Waals surface area contributed by atoms with E-state index in [1.807, 2.05) is 25.1 Å². The Bertz CT molecular complexity index is 1180. The number of thiazole rings is 1. The van der Waals surface area contributed by atoms with Gasteiger partial charge in [0.1, 0.15) is 5.82 Å². The summed E-state index contributed by atoms with van der Waals surface area (Å²) in [5.74, 6) is -1.14. The monoisotopic (exact) mass is 513 g/mol. The summed E-state index contributed by atoms with van der Waals surface area (Å²) in [7, 11) is -3.70. The smallest absolute Gasteiger partial charge is 0.229 e. The van der Waals surface area contributed by atoms with Gasteiger partial charge in [-0.25, -0.2) is 17.8 Å². The van der Waals surface area contributed by atoms with E-state index in [1.165, 1.54) is 23.5 Å². The Morgan fingerprint density at radius 3 is 2.36 bits per heavy atom. The van der Waals surface area contributed by atoms with Gasteiger partial charge in [0.15, 0.2) is 15.0 Å². The van der Waals surface area contributed by atoms with Crippen molar-refractivity contribution in [2.75, 3.05) is 36.8 Å². The van der Waals surface area contributed by atoms with Crippen LogP contribution in [0.5, 0.6) is 0 Å². The predicted molar refractivity (Wildman–Crippen MR) is 135 cm³/mol. The van der Waals surface area contributed by atoms with E-state index >= 15 is 0 Å². The molecule has 3 aromatic rings. The molecule has 1 heterocycles. The average Bonchev–Trinajstić information content (AvgIpc) is 3.18. The number of fused-ring (bicyclic) bond motifs is 1. The molecule has 0 spiro atoms. The third-order valence-electron chi connectivity index (χ3n) is 5.36. The molecule has 0 aliphatic rings. The molecule has 2 aromatic carbocycles. The van der Waals surface area contributed by atoms with E-state index in [2.05, 4.69) is 23.7 Å². The quantitative estimate of drug-likeness (QED) is 0.367. The van der Waals surface area contributed by atoms with Crippen molar-refractivity contribution in [1.82, 2.24) is 9.88 Å². The van der Waals surface area contributed by atoms with Crippen LogP contribution in [0.4, 0.5) is 9.52 Å². The Morgan fingerprint density at radius 1 is 1.06 bits per heavy atom. The number of carbonyl (C=O) groups is 1. The number of hydrogen-bond acceptors (Lipinski definition) is 6. The van der Waals surface area contributed by atoms with Crippen molar-refractivity contribution in [2.24, 2.45) is 0 Å². The first kappa shape index (κ1) is 27.2. The van der Waals surface area contributed by atoms with Crippen molar-refractivity contribution in [1.29, 1.82) is 0 Å². The van der Waals surface area contributed by atoms with Crippen molar-refractivity contribution >= 4 is 54.8 Å². The SMILES string of the molecule is CCN(CC)CCN(C(=O)CCS(=O)(=O)c1ccc(F)cc1)c1nc2ccc(C)cc2s1.Cl. The van der Waals surface area contributed by atoms with E-state index < -0.39 is 15.7 Å². The molecule has 0 N–H and O–H groups in total. The fourth-order valence-corrected chi connectivity index (χ4v) is 5.70. The fourth-order valence-electron chi connectivity index (χ4n) is 3.36. The van der Waals surface area contributed by atoms with E-state index in [4.69, 9.17) is 0 Å². The number of benzene rings is 2. The van der Waals surface area contributed by atoms with Gasteiger partial charge >= 0.3 is 0 Å². The number of aromatic nitrogens is 1. The normalized spacial score (nSPS) is 11.5. The van der Waals surface area contributed by atoms with Crippen LogP contribution in [0.1, 0.15) is 25.8 Å². The van der Waals surface area contributed by atoms with Crippen LogP contribution in [0.2, 0.25) is 0 Å². The van der Waals surface area contributed by atoms with Crippen molar-refractivity contribution in [3.63, 3.8) is 0 Å². The van der Waals surface area contributed by atoms with Crippen LogP contribution in [0.15, 0.2) is 47.4 Å². The summed E-state index contributed by atoms with van der Waals surface area (Å²) in [6.07, 6.45) is -0.174. The molecule has 3 rings (SSSR count). The minimum atomic E-state index is -3.70. The first-order chi connectivity index (χ1) is 15.2. The predicted octanol–water partition coefficient (Wildman–Crippen LogP) is 4.70. The standard InChI is InChI=1S/C23H28FN3O3S2.ClH/c1-4-26(5-2)13-14-27(23-25-20-11-6-17(3)16-21(20)31-23)22(28)12-15-32(29,30)19-9-7-18(24)8-10-19;/h6-11,16H,4-5,12-15H2,1-3H3;1H. The van der Waals surface area contributed by atoms with Crippen molar-refractivity contribution in [3.8, 4) is 0 Å². The van der Waals surface area contributed by atoms with Crippen molar-refractivity contribution in [3.05, 3.63) is 53.8 Å². The summed E-state index contributed by atoms with van der Waals surface area (Å²) in [6.45, 7) is 8.93. The average molecular weight is 514 g/mol. The minimum Gasteiger partial charge on any atom is -0.302 e. The van der Waals surface area contributed by atoms with E-state index in [0.29, 0.717) is 18.2 Å². The van der Waals surface area contributed by atoms with Gasteiger partial charge < -0.3 is 4.90 Å². The van der Waals surface area contributed by atoms with Crippen LogP contribution in [0.3, 0.4) is 0 Å². The van der Waals surface area contributed by atoms with E-state index in [9.17, 15) is 17.6 Å². The van der Waals surface area contributed by atoms with E-state index in [-0.39, 0.29) is 35.4 Å². The van der Waals surface area contributed by atoms with Gasteiger partial charge in [0, 0.05) is 19.5 Å². The zero-order chi connectivity index (χ0) is 23.3. The van der Waals surface area contributed by atoms with Crippen LogP contribution >= 0.6 is 23.7 Å². The first-order valence-electron chi connectivity index (χ1n) is 10.6. The Labute approximate surface area is 204 Å². The summed E-state index contributed by atoms with van der Waals surface area (Å²) in [5, 5.41) is 0.571. The van der Waals surface area contributed by atoms with Gasteiger partial charge in [-0.15, -0.1) is 12.4 Å². The molecule has 0 fully saturated rings. The van der Waals surface area contributed by atoms with Gasteiger partial charge in [0.05, 0.1) is 20.9 Å². The lowest BCUT2D eigenvalue weighted by atomic mass is 10.2. The first-order valence-corrected chi connectivity index (χ1v) is 13.1. The molecule has 0 aliphatic carbocycles. The van der Waals surface area contributed by atoms with Gasteiger partial charge in [-0.2, -0.15) is 0 Å². The lowest BCUT2D eigenvalue weighted by molar-refractivity contribution is -0.118. The molecule has 0 aliphatic heterocycles. The Kier molecular flexibility index (Phi) is 9.78. The number of aryl methyl sites for hydroxylation is 1. The number of hydrogen-bond donors (Lipinski definition) is 0. The fraction of sp³-hybridized carbons (Fsp3) is 0.391. The number of amides is 1. The van der Waals surface area contributed by atoms with Crippen LogP contribution in [-0.4, -0.2) is 56.1 Å². The van der Waals surface area contributed by atoms with Gasteiger partial charge in [-0.1, -0.05) is 31.3 Å². The van der Waals surface area contributed by atoms with Crippen LogP contribution in [0.25, 0.3) is 10.2 Å². The topological polar surface area (TPSA) is 70.6 Å².